The van der Waals surface area contributed by atoms with Crippen LogP contribution in [-0.2, 0) is 0 Å². The highest BCUT2D eigenvalue weighted by molar-refractivity contribution is 6.04. The van der Waals surface area contributed by atoms with Crippen LogP contribution < -0.4 is 0 Å². The molecule has 1 aliphatic carbocycles. The van der Waals surface area contributed by atoms with Gasteiger partial charge < -0.3 is 5.11 Å². The first-order valence-corrected chi connectivity index (χ1v) is 6.90. The van der Waals surface area contributed by atoms with E-state index in [0.29, 0.717) is 12.0 Å². The third kappa shape index (κ3) is 3.34. The zero-order valence-corrected chi connectivity index (χ0v) is 11.9. The van der Waals surface area contributed by atoms with Crippen molar-refractivity contribution < 1.29 is 9.90 Å². The van der Waals surface area contributed by atoms with Crippen molar-refractivity contribution in [2.75, 3.05) is 0 Å². The van der Waals surface area contributed by atoms with Gasteiger partial charge in [0.2, 0.25) is 0 Å². The molecule has 0 bridgehead atoms. The lowest BCUT2D eigenvalue weighted by molar-refractivity contribution is 0.0449. The first-order valence-electron chi connectivity index (χ1n) is 6.90. The molecule has 0 saturated heterocycles. The van der Waals surface area contributed by atoms with E-state index in [2.05, 4.69) is 0 Å². The molecule has 2 heteroatoms. The maximum absolute atomic E-state index is 11.9. The molecule has 1 atom stereocenters. The Balaban J connectivity index is 2.03. The fraction of sp³-hybridized carbons (Fsp3) is 0.278. The Bertz CT molecular complexity index is 564. The Labute approximate surface area is 120 Å². The SMILES string of the molecule is CC(C)C1(O)C=CC(C=CC(=O)c2ccccc2)=CC1. The van der Waals surface area contributed by atoms with Crippen LogP contribution in [0.25, 0.3) is 0 Å². The van der Waals surface area contributed by atoms with E-state index >= 15 is 0 Å². The van der Waals surface area contributed by atoms with Gasteiger partial charge in [0.05, 0.1) is 5.60 Å². The van der Waals surface area contributed by atoms with Gasteiger partial charge in [-0.05, 0) is 24.0 Å². The maximum Gasteiger partial charge on any atom is 0.185 e. The van der Waals surface area contributed by atoms with E-state index in [1.165, 1.54) is 0 Å². The highest BCUT2D eigenvalue weighted by Crippen LogP contribution is 2.28. The first-order chi connectivity index (χ1) is 9.51. The van der Waals surface area contributed by atoms with E-state index < -0.39 is 5.60 Å². The van der Waals surface area contributed by atoms with Gasteiger partial charge in [-0.2, -0.15) is 0 Å². The molecule has 0 aromatic heterocycles. The number of aliphatic hydroxyl groups is 1. The Morgan fingerprint density at radius 3 is 2.55 bits per heavy atom. The molecule has 0 aliphatic heterocycles. The molecular weight excluding hydrogens is 248 g/mol. The van der Waals surface area contributed by atoms with Gasteiger partial charge in [0.25, 0.3) is 0 Å². The normalized spacial score (nSPS) is 22.3. The molecule has 2 nitrogen and oxygen atoms in total. The quantitative estimate of drug-likeness (QED) is 0.668. The summed E-state index contributed by atoms with van der Waals surface area (Å²) in [6.07, 6.45) is 9.62. The smallest absolute Gasteiger partial charge is 0.185 e. The molecule has 0 amide bonds. The minimum atomic E-state index is -0.763. The summed E-state index contributed by atoms with van der Waals surface area (Å²) in [5.74, 6) is 0.163. The second-order valence-corrected chi connectivity index (χ2v) is 5.45. The molecule has 0 spiro atoms. The highest BCUT2D eigenvalue weighted by atomic mass is 16.3. The van der Waals surface area contributed by atoms with Crippen molar-refractivity contribution in [3.63, 3.8) is 0 Å². The van der Waals surface area contributed by atoms with Crippen molar-refractivity contribution in [2.45, 2.75) is 25.9 Å². The Morgan fingerprint density at radius 2 is 2.00 bits per heavy atom. The number of hydrogen-bond donors (Lipinski definition) is 1. The van der Waals surface area contributed by atoms with Crippen LogP contribution in [0.15, 0.2) is 66.3 Å². The number of allylic oxidation sites excluding steroid dienone is 4. The van der Waals surface area contributed by atoms with Crippen LogP contribution in [0.2, 0.25) is 0 Å². The van der Waals surface area contributed by atoms with Crippen molar-refractivity contribution in [1.82, 2.24) is 0 Å². The number of carbonyl (C=O) groups excluding carboxylic acids is 1. The average molecular weight is 268 g/mol. The van der Waals surface area contributed by atoms with Gasteiger partial charge in [0, 0.05) is 5.56 Å². The molecule has 2 rings (SSSR count). The number of ketones is 1. The summed E-state index contributed by atoms with van der Waals surface area (Å²) < 4.78 is 0. The highest BCUT2D eigenvalue weighted by Gasteiger charge is 2.28. The summed E-state index contributed by atoms with van der Waals surface area (Å²) in [6.45, 7) is 4.00. The van der Waals surface area contributed by atoms with E-state index in [4.69, 9.17) is 0 Å². The molecule has 0 saturated carbocycles. The van der Waals surface area contributed by atoms with Gasteiger partial charge in [-0.15, -0.1) is 0 Å². The standard InChI is InChI=1S/C18H20O2/c1-14(2)18(20)12-10-15(11-13-18)8-9-17(19)16-6-4-3-5-7-16/h3-12,14,20H,13H2,1-2H3. The predicted octanol–water partition coefficient (Wildman–Crippen LogP) is 3.70. The minimum Gasteiger partial charge on any atom is -0.385 e. The third-order valence-corrected chi connectivity index (χ3v) is 3.71. The number of carbonyl (C=O) groups is 1. The van der Waals surface area contributed by atoms with E-state index in [9.17, 15) is 9.90 Å². The summed E-state index contributed by atoms with van der Waals surface area (Å²) in [6, 6.07) is 9.19. The monoisotopic (exact) mass is 268 g/mol. The van der Waals surface area contributed by atoms with Crippen molar-refractivity contribution in [1.29, 1.82) is 0 Å². The lowest BCUT2D eigenvalue weighted by Gasteiger charge is -2.30. The number of benzene rings is 1. The summed E-state index contributed by atoms with van der Waals surface area (Å²) in [7, 11) is 0. The largest absolute Gasteiger partial charge is 0.385 e. The second kappa shape index (κ2) is 6.02. The molecule has 1 aromatic carbocycles. The summed E-state index contributed by atoms with van der Waals surface area (Å²) >= 11 is 0. The zero-order chi connectivity index (χ0) is 14.6. The maximum atomic E-state index is 11.9. The van der Waals surface area contributed by atoms with E-state index in [1.54, 1.807) is 24.3 Å². The fourth-order valence-corrected chi connectivity index (χ4v) is 2.08. The zero-order valence-electron chi connectivity index (χ0n) is 11.9. The van der Waals surface area contributed by atoms with Crippen LogP contribution in [0.3, 0.4) is 0 Å². The van der Waals surface area contributed by atoms with Crippen LogP contribution in [0.1, 0.15) is 30.6 Å². The van der Waals surface area contributed by atoms with Crippen molar-refractivity contribution in [3.05, 3.63) is 71.8 Å². The van der Waals surface area contributed by atoms with E-state index in [-0.39, 0.29) is 11.7 Å². The number of rotatable bonds is 4. The summed E-state index contributed by atoms with van der Waals surface area (Å²) in [5, 5.41) is 10.3. The van der Waals surface area contributed by atoms with Gasteiger partial charge in [0.15, 0.2) is 5.78 Å². The van der Waals surface area contributed by atoms with Gasteiger partial charge in [-0.1, -0.05) is 68.5 Å². The molecule has 1 N–H and O–H groups in total. The molecule has 0 radical (unpaired) electrons. The van der Waals surface area contributed by atoms with E-state index in [0.717, 1.165) is 5.57 Å². The van der Waals surface area contributed by atoms with Crippen LogP contribution in [-0.4, -0.2) is 16.5 Å². The topological polar surface area (TPSA) is 37.3 Å². The van der Waals surface area contributed by atoms with Gasteiger partial charge in [-0.3, -0.25) is 4.79 Å². The molecule has 104 valence electrons. The molecule has 0 heterocycles. The van der Waals surface area contributed by atoms with Crippen molar-refractivity contribution in [2.24, 2.45) is 5.92 Å². The van der Waals surface area contributed by atoms with Gasteiger partial charge in [0.1, 0.15) is 0 Å². The molecular formula is C18H20O2. The summed E-state index contributed by atoms with van der Waals surface area (Å²) in [5.41, 5.74) is 0.878. The van der Waals surface area contributed by atoms with E-state index in [1.807, 2.05) is 50.3 Å². The van der Waals surface area contributed by atoms with Gasteiger partial charge in [-0.25, -0.2) is 0 Å². The van der Waals surface area contributed by atoms with Crippen LogP contribution >= 0.6 is 0 Å². The number of hydrogen-bond acceptors (Lipinski definition) is 2. The third-order valence-electron chi connectivity index (χ3n) is 3.71. The first kappa shape index (κ1) is 14.5. The van der Waals surface area contributed by atoms with Crippen LogP contribution in [0.4, 0.5) is 0 Å². The minimum absolute atomic E-state index is 0.00963. The molecule has 1 unspecified atom stereocenters. The Hall–Kier alpha value is -1.93. The molecule has 1 aliphatic rings. The van der Waals surface area contributed by atoms with Crippen molar-refractivity contribution >= 4 is 5.78 Å². The molecule has 0 fully saturated rings. The van der Waals surface area contributed by atoms with Crippen molar-refractivity contribution in [3.8, 4) is 0 Å². The van der Waals surface area contributed by atoms with Gasteiger partial charge >= 0.3 is 0 Å². The molecule has 1 aromatic rings. The molecule has 20 heavy (non-hydrogen) atoms. The Morgan fingerprint density at radius 1 is 1.30 bits per heavy atom. The Kier molecular flexibility index (Phi) is 4.35. The fourth-order valence-electron chi connectivity index (χ4n) is 2.08. The van der Waals surface area contributed by atoms with Crippen LogP contribution in [0, 0.1) is 5.92 Å². The predicted molar refractivity (Wildman–Crippen MR) is 81.5 cm³/mol. The second-order valence-electron chi connectivity index (χ2n) is 5.45. The lowest BCUT2D eigenvalue weighted by Crippen LogP contribution is -2.33. The average Bonchev–Trinajstić information content (AvgIpc) is 2.47. The van der Waals surface area contributed by atoms with Crippen LogP contribution in [0.5, 0.6) is 0 Å². The lowest BCUT2D eigenvalue weighted by atomic mass is 9.83. The summed E-state index contributed by atoms with van der Waals surface area (Å²) in [4.78, 5) is 11.9.